The van der Waals surface area contributed by atoms with Crippen molar-refractivity contribution in [1.82, 2.24) is 10.2 Å². The van der Waals surface area contributed by atoms with Crippen molar-refractivity contribution in [2.45, 2.75) is 26.8 Å². The number of nitro groups is 1. The molecule has 0 aliphatic heterocycles. The van der Waals surface area contributed by atoms with Gasteiger partial charge in [0.15, 0.2) is 5.82 Å². The van der Waals surface area contributed by atoms with E-state index in [2.05, 4.69) is 5.32 Å². The van der Waals surface area contributed by atoms with E-state index >= 15 is 0 Å². The lowest BCUT2D eigenvalue weighted by molar-refractivity contribution is -0.404. The summed E-state index contributed by atoms with van der Waals surface area (Å²) in [5.74, 6) is 0.544. The van der Waals surface area contributed by atoms with Crippen LogP contribution in [0.3, 0.4) is 0 Å². The van der Waals surface area contributed by atoms with Crippen LogP contribution in [0.4, 0.5) is 0 Å². The maximum Gasteiger partial charge on any atom is 0.274 e. The SMILES string of the molecule is CCN(/C(=C/[N+](=O)[O-])NC)C(C)C. The Kier molecular flexibility index (Phi) is 4.87. The Bertz CT molecular complexity index is 202. The van der Waals surface area contributed by atoms with Crippen molar-refractivity contribution in [3.63, 3.8) is 0 Å². The summed E-state index contributed by atoms with van der Waals surface area (Å²) in [6.07, 6.45) is 0.990. The van der Waals surface area contributed by atoms with E-state index in [1.54, 1.807) is 7.05 Å². The molecule has 5 heteroatoms. The highest BCUT2D eigenvalue weighted by molar-refractivity contribution is 4.94. The van der Waals surface area contributed by atoms with Crippen LogP contribution in [0.15, 0.2) is 12.0 Å². The maximum absolute atomic E-state index is 10.3. The number of nitrogens with zero attached hydrogens (tertiary/aromatic N) is 2. The zero-order valence-electron chi connectivity index (χ0n) is 8.57. The monoisotopic (exact) mass is 187 g/mol. The minimum absolute atomic E-state index is 0.253. The summed E-state index contributed by atoms with van der Waals surface area (Å²) in [5, 5.41) is 13.1. The van der Waals surface area contributed by atoms with Crippen molar-refractivity contribution in [2.75, 3.05) is 13.6 Å². The van der Waals surface area contributed by atoms with Crippen molar-refractivity contribution < 1.29 is 4.92 Å². The third-order valence-electron chi connectivity index (χ3n) is 1.76. The highest BCUT2D eigenvalue weighted by Gasteiger charge is 2.12. The van der Waals surface area contributed by atoms with E-state index in [4.69, 9.17) is 0 Å². The maximum atomic E-state index is 10.3. The van der Waals surface area contributed by atoms with E-state index in [0.717, 1.165) is 12.7 Å². The van der Waals surface area contributed by atoms with Crippen molar-refractivity contribution in [3.8, 4) is 0 Å². The molecule has 0 spiro atoms. The first-order chi connectivity index (χ1) is 6.02. The molecule has 0 unspecified atom stereocenters. The Morgan fingerprint density at radius 2 is 2.23 bits per heavy atom. The van der Waals surface area contributed by atoms with Crippen LogP contribution in [0.25, 0.3) is 0 Å². The molecule has 0 rings (SSSR count). The molecule has 0 amide bonds. The first-order valence-electron chi connectivity index (χ1n) is 4.32. The lowest BCUT2D eigenvalue weighted by Gasteiger charge is -2.27. The summed E-state index contributed by atoms with van der Waals surface area (Å²) in [6.45, 7) is 6.70. The highest BCUT2D eigenvalue weighted by atomic mass is 16.6. The topological polar surface area (TPSA) is 58.4 Å². The minimum Gasteiger partial charge on any atom is -0.370 e. The fraction of sp³-hybridized carbons (Fsp3) is 0.750. The van der Waals surface area contributed by atoms with Crippen molar-refractivity contribution in [3.05, 3.63) is 22.1 Å². The van der Waals surface area contributed by atoms with Gasteiger partial charge >= 0.3 is 0 Å². The predicted molar refractivity (Wildman–Crippen MR) is 51.7 cm³/mol. The summed E-state index contributed by atoms with van der Waals surface area (Å²) >= 11 is 0. The molecule has 0 aromatic heterocycles. The third-order valence-corrected chi connectivity index (χ3v) is 1.76. The summed E-state index contributed by atoms with van der Waals surface area (Å²) in [7, 11) is 1.68. The second-order valence-corrected chi connectivity index (χ2v) is 2.93. The predicted octanol–water partition coefficient (Wildman–Crippen LogP) is 1.01. The first kappa shape index (κ1) is 11.7. The number of nitrogens with one attached hydrogen (secondary N) is 1. The Labute approximate surface area is 78.6 Å². The quantitative estimate of drug-likeness (QED) is 0.515. The molecule has 0 aromatic carbocycles. The number of hydrogen-bond donors (Lipinski definition) is 1. The Balaban J connectivity index is 4.62. The van der Waals surface area contributed by atoms with Gasteiger partial charge in [0.05, 0.1) is 4.92 Å². The van der Waals surface area contributed by atoms with E-state index in [9.17, 15) is 10.1 Å². The van der Waals surface area contributed by atoms with Gasteiger partial charge in [0.25, 0.3) is 6.20 Å². The van der Waals surface area contributed by atoms with Crippen LogP contribution in [0.1, 0.15) is 20.8 Å². The van der Waals surface area contributed by atoms with Gasteiger partial charge in [-0.3, -0.25) is 10.1 Å². The van der Waals surface area contributed by atoms with Crippen LogP contribution in [0.2, 0.25) is 0 Å². The summed E-state index contributed by atoms with van der Waals surface area (Å²) in [6, 6.07) is 0.253. The second-order valence-electron chi connectivity index (χ2n) is 2.93. The number of rotatable bonds is 5. The van der Waals surface area contributed by atoms with Gasteiger partial charge < -0.3 is 10.2 Å². The van der Waals surface area contributed by atoms with Gasteiger partial charge in [-0.25, -0.2) is 0 Å². The molecule has 13 heavy (non-hydrogen) atoms. The van der Waals surface area contributed by atoms with Gasteiger partial charge in [-0.15, -0.1) is 0 Å². The van der Waals surface area contributed by atoms with Crippen LogP contribution in [-0.4, -0.2) is 29.5 Å². The largest absolute Gasteiger partial charge is 0.370 e. The fourth-order valence-corrected chi connectivity index (χ4v) is 1.20. The molecule has 0 radical (unpaired) electrons. The van der Waals surface area contributed by atoms with Crippen LogP contribution < -0.4 is 5.32 Å². The summed E-state index contributed by atoms with van der Waals surface area (Å²) in [4.78, 5) is 11.7. The normalized spacial score (nSPS) is 11.6. The Morgan fingerprint density at radius 3 is 2.46 bits per heavy atom. The molecule has 76 valence electrons. The average molecular weight is 187 g/mol. The molecule has 0 aromatic rings. The fourth-order valence-electron chi connectivity index (χ4n) is 1.20. The average Bonchev–Trinajstić information content (AvgIpc) is 2.02. The molecule has 0 saturated carbocycles. The molecule has 0 heterocycles. The standard InChI is InChI=1S/C8H17N3O2/c1-5-10(7(2)3)8(9-4)6-11(12)13/h6-7,9H,5H2,1-4H3/b8-6+. The molecular weight excluding hydrogens is 170 g/mol. The zero-order valence-corrected chi connectivity index (χ0v) is 8.57. The molecule has 0 fully saturated rings. The number of hydrogen-bond acceptors (Lipinski definition) is 4. The molecular formula is C8H17N3O2. The van der Waals surface area contributed by atoms with E-state index in [1.807, 2.05) is 25.7 Å². The van der Waals surface area contributed by atoms with Gasteiger partial charge in [0.1, 0.15) is 0 Å². The van der Waals surface area contributed by atoms with Crippen LogP contribution >= 0.6 is 0 Å². The second kappa shape index (κ2) is 5.40. The minimum atomic E-state index is -0.448. The molecule has 0 aliphatic rings. The molecule has 5 nitrogen and oxygen atoms in total. The molecule has 1 N–H and O–H groups in total. The lowest BCUT2D eigenvalue weighted by atomic mass is 10.3. The van der Waals surface area contributed by atoms with Crippen LogP contribution in [0.5, 0.6) is 0 Å². The molecule has 0 aliphatic carbocycles. The summed E-state index contributed by atoms with van der Waals surface area (Å²) < 4.78 is 0. The smallest absolute Gasteiger partial charge is 0.274 e. The molecule has 0 saturated heterocycles. The van der Waals surface area contributed by atoms with Crippen LogP contribution in [0, 0.1) is 10.1 Å². The third kappa shape index (κ3) is 3.78. The highest BCUT2D eigenvalue weighted by Crippen LogP contribution is 2.05. The van der Waals surface area contributed by atoms with Gasteiger partial charge in [0.2, 0.25) is 0 Å². The Morgan fingerprint density at radius 1 is 1.69 bits per heavy atom. The van der Waals surface area contributed by atoms with Gasteiger partial charge in [0, 0.05) is 19.6 Å². The Hall–Kier alpha value is -1.26. The van der Waals surface area contributed by atoms with Gasteiger partial charge in [-0.2, -0.15) is 0 Å². The molecule has 0 bridgehead atoms. The first-order valence-corrected chi connectivity index (χ1v) is 4.32. The summed E-state index contributed by atoms with van der Waals surface area (Å²) in [5.41, 5.74) is 0. The van der Waals surface area contributed by atoms with E-state index in [1.165, 1.54) is 0 Å². The van der Waals surface area contributed by atoms with E-state index in [0.29, 0.717) is 5.82 Å². The van der Waals surface area contributed by atoms with E-state index < -0.39 is 4.92 Å². The van der Waals surface area contributed by atoms with E-state index in [-0.39, 0.29) is 6.04 Å². The van der Waals surface area contributed by atoms with Crippen molar-refractivity contribution >= 4 is 0 Å². The van der Waals surface area contributed by atoms with Crippen molar-refractivity contribution in [2.24, 2.45) is 0 Å². The van der Waals surface area contributed by atoms with Gasteiger partial charge in [-0.05, 0) is 20.8 Å². The molecule has 0 atom stereocenters. The van der Waals surface area contributed by atoms with Crippen molar-refractivity contribution in [1.29, 1.82) is 0 Å². The van der Waals surface area contributed by atoms with Crippen LogP contribution in [-0.2, 0) is 0 Å². The lowest BCUT2D eigenvalue weighted by Crippen LogP contribution is -2.35. The zero-order chi connectivity index (χ0) is 10.4. The van der Waals surface area contributed by atoms with Gasteiger partial charge in [-0.1, -0.05) is 0 Å².